The molecule has 0 aliphatic carbocycles. The number of carbonyl (C=O) groups excluding carboxylic acids is 1. The zero-order valence-corrected chi connectivity index (χ0v) is 12.6. The number of likely N-dealkylation sites (tertiary alicyclic amines) is 1. The predicted octanol–water partition coefficient (Wildman–Crippen LogP) is 2.43. The van der Waals surface area contributed by atoms with Crippen LogP contribution in [0.1, 0.15) is 18.9 Å². The number of rotatable bonds is 5. The summed E-state index contributed by atoms with van der Waals surface area (Å²) in [4.78, 5) is 13.9. The fourth-order valence-electron chi connectivity index (χ4n) is 2.73. The summed E-state index contributed by atoms with van der Waals surface area (Å²) in [6.07, 6.45) is 1.88. The lowest BCUT2D eigenvalue weighted by Crippen LogP contribution is -2.44. The zero-order chi connectivity index (χ0) is 15.2. The lowest BCUT2D eigenvalue weighted by atomic mass is 9.99. The standard InChI is InChI=1S/C16H23FN2O2/c1-12(11-21-2)18-16(20)19-8-7-14(10-19)9-13-3-5-15(17)6-4-13/h3-6,12,14H,7-11H2,1-2H3,(H,18,20). The Bertz CT molecular complexity index is 464. The number of benzene rings is 1. The molecule has 1 heterocycles. The summed E-state index contributed by atoms with van der Waals surface area (Å²) < 4.78 is 17.9. The Morgan fingerprint density at radius 2 is 2.19 bits per heavy atom. The van der Waals surface area contributed by atoms with E-state index in [1.54, 1.807) is 7.11 Å². The molecule has 2 atom stereocenters. The molecule has 0 spiro atoms. The van der Waals surface area contributed by atoms with E-state index in [1.807, 2.05) is 24.0 Å². The molecule has 2 unspecified atom stereocenters. The van der Waals surface area contributed by atoms with Gasteiger partial charge in [0.05, 0.1) is 12.6 Å². The molecular weight excluding hydrogens is 271 g/mol. The van der Waals surface area contributed by atoms with Crippen molar-refractivity contribution in [3.63, 3.8) is 0 Å². The van der Waals surface area contributed by atoms with Crippen molar-refractivity contribution in [3.05, 3.63) is 35.6 Å². The van der Waals surface area contributed by atoms with E-state index in [0.29, 0.717) is 12.5 Å². The van der Waals surface area contributed by atoms with Crippen LogP contribution in [0.3, 0.4) is 0 Å². The number of amides is 2. The largest absolute Gasteiger partial charge is 0.383 e. The first kappa shape index (κ1) is 15.8. The van der Waals surface area contributed by atoms with Gasteiger partial charge in [0.15, 0.2) is 0 Å². The molecule has 116 valence electrons. The van der Waals surface area contributed by atoms with Crippen LogP contribution in [0, 0.1) is 11.7 Å². The summed E-state index contributed by atoms with van der Waals surface area (Å²) in [7, 11) is 1.62. The molecular formula is C16H23FN2O2. The van der Waals surface area contributed by atoms with Gasteiger partial charge in [0, 0.05) is 20.2 Å². The maximum absolute atomic E-state index is 12.9. The molecule has 1 aromatic carbocycles. The van der Waals surface area contributed by atoms with Gasteiger partial charge in [-0.2, -0.15) is 0 Å². The summed E-state index contributed by atoms with van der Waals surface area (Å²) in [5, 5.41) is 2.93. The monoisotopic (exact) mass is 294 g/mol. The molecule has 1 N–H and O–H groups in total. The minimum atomic E-state index is -0.210. The molecule has 1 aliphatic rings. The van der Waals surface area contributed by atoms with Gasteiger partial charge >= 0.3 is 6.03 Å². The molecule has 0 radical (unpaired) electrons. The van der Waals surface area contributed by atoms with Crippen molar-refractivity contribution in [2.45, 2.75) is 25.8 Å². The first-order valence-corrected chi connectivity index (χ1v) is 7.37. The van der Waals surface area contributed by atoms with Crippen molar-refractivity contribution in [2.24, 2.45) is 5.92 Å². The normalized spacial score (nSPS) is 19.6. The smallest absolute Gasteiger partial charge is 0.317 e. The Kier molecular flexibility index (Phi) is 5.56. The summed E-state index contributed by atoms with van der Waals surface area (Å²) in [6, 6.07) is 6.60. The number of nitrogens with zero attached hydrogens (tertiary/aromatic N) is 1. The second-order valence-corrected chi connectivity index (χ2v) is 5.74. The van der Waals surface area contributed by atoms with Crippen LogP contribution in [0.4, 0.5) is 9.18 Å². The van der Waals surface area contributed by atoms with Gasteiger partial charge < -0.3 is 15.0 Å². The van der Waals surface area contributed by atoms with Crippen LogP contribution in [0.25, 0.3) is 0 Å². The van der Waals surface area contributed by atoms with Crippen molar-refractivity contribution >= 4 is 6.03 Å². The van der Waals surface area contributed by atoms with Crippen molar-refractivity contribution in [1.29, 1.82) is 0 Å². The topological polar surface area (TPSA) is 41.6 Å². The molecule has 1 fully saturated rings. The van der Waals surface area contributed by atoms with Gasteiger partial charge in [0.1, 0.15) is 5.82 Å². The maximum atomic E-state index is 12.9. The Morgan fingerprint density at radius 1 is 1.48 bits per heavy atom. The third-order valence-corrected chi connectivity index (χ3v) is 3.80. The van der Waals surface area contributed by atoms with E-state index in [0.717, 1.165) is 31.5 Å². The quantitative estimate of drug-likeness (QED) is 0.906. The Labute approximate surface area is 125 Å². The molecule has 1 aromatic rings. The van der Waals surface area contributed by atoms with Crippen LogP contribution in [-0.4, -0.2) is 43.8 Å². The SMILES string of the molecule is COCC(C)NC(=O)N1CCC(Cc2ccc(F)cc2)C1. The fourth-order valence-corrected chi connectivity index (χ4v) is 2.73. The minimum absolute atomic E-state index is 0.0126. The van der Waals surface area contributed by atoms with Gasteiger partial charge in [-0.25, -0.2) is 9.18 Å². The summed E-state index contributed by atoms with van der Waals surface area (Å²) in [6.45, 7) is 3.96. The molecule has 2 rings (SSSR count). The minimum Gasteiger partial charge on any atom is -0.383 e. The lowest BCUT2D eigenvalue weighted by molar-refractivity contribution is 0.162. The van der Waals surface area contributed by atoms with E-state index in [4.69, 9.17) is 4.74 Å². The van der Waals surface area contributed by atoms with Crippen LogP contribution >= 0.6 is 0 Å². The molecule has 4 nitrogen and oxygen atoms in total. The number of methoxy groups -OCH3 is 1. The third kappa shape index (κ3) is 4.70. The van der Waals surface area contributed by atoms with Gasteiger partial charge in [0.2, 0.25) is 0 Å². The lowest BCUT2D eigenvalue weighted by Gasteiger charge is -2.20. The van der Waals surface area contributed by atoms with Gasteiger partial charge in [-0.1, -0.05) is 12.1 Å². The summed E-state index contributed by atoms with van der Waals surface area (Å²) in [5.74, 6) is 0.234. The zero-order valence-electron chi connectivity index (χ0n) is 12.6. The number of hydrogen-bond donors (Lipinski definition) is 1. The van der Waals surface area contributed by atoms with E-state index < -0.39 is 0 Å². The highest BCUT2D eigenvalue weighted by atomic mass is 19.1. The third-order valence-electron chi connectivity index (χ3n) is 3.80. The van der Waals surface area contributed by atoms with Gasteiger partial charge in [-0.3, -0.25) is 0 Å². The Morgan fingerprint density at radius 3 is 2.86 bits per heavy atom. The van der Waals surface area contributed by atoms with Crippen molar-refractivity contribution in [1.82, 2.24) is 10.2 Å². The second-order valence-electron chi connectivity index (χ2n) is 5.74. The first-order chi connectivity index (χ1) is 10.1. The van der Waals surface area contributed by atoms with E-state index in [-0.39, 0.29) is 17.9 Å². The van der Waals surface area contributed by atoms with E-state index >= 15 is 0 Å². The molecule has 0 bridgehead atoms. The molecule has 0 aromatic heterocycles. The number of carbonyl (C=O) groups is 1. The Hall–Kier alpha value is -1.62. The molecule has 1 saturated heterocycles. The maximum Gasteiger partial charge on any atom is 0.317 e. The molecule has 2 amide bonds. The molecule has 0 saturated carbocycles. The number of ether oxygens (including phenoxy) is 1. The van der Waals surface area contributed by atoms with Crippen LogP contribution in [0.15, 0.2) is 24.3 Å². The van der Waals surface area contributed by atoms with Gasteiger partial charge in [-0.05, 0) is 43.4 Å². The highest BCUT2D eigenvalue weighted by Gasteiger charge is 2.26. The van der Waals surface area contributed by atoms with Crippen molar-refractivity contribution in [2.75, 3.05) is 26.8 Å². The van der Waals surface area contributed by atoms with Crippen molar-refractivity contribution in [3.8, 4) is 0 Å². The highest BCUT2D eigenvalue weighted by Crippen LogP contribution is 2.21. The second kappa shape index (κ2) is 7.41. The van der Waals surface area contributed by atoms with Gasteiger partial charge in [0.25, 0.3) is 0 Å². The average Bonchev–Trinajstić information content (AvgIpc) is 2.90. The van der Waals surface area contributed by atoms with Crippen molar-refractivity contribution < 1.29 is 13.9 Å². The first-order valence-electron chi connectivity index (χ1n) is 7.37. The number of nitrogens with one attached hydrogen (secondary N) is 1. The average molecular weight is 294 g/mol. The van der Waals surface area contributed by atoms with Crippen LogP contribution in [0.2, 0.25) is 0 Å². The Balaban J connectivity index is 1.80. The number of hydrogen-bond acceptors (Lipinski definition) is 2. The van der Waals surface area contributed by atoms with Gasteiger partial charge in [-0.15, -0.1) is 0 Å². The van der Waals surface area contributed by atoms with E-state index in [2.05, 4.69) is 5.32 Å². The van der Waals surface area contributed by atoms with E-state index in [9.17, 15) is 9.18 Å². The number of urea groups is 1. The van der Waals surface area contributed by atoms with E-state index in [1.165, 1.54) is 12.1 Å². The number of halogens is 1. The molecule has 1 aliphatic heterocycles. The highest BCUT2D eigenvalue weighted by molar-refractivity contribution is 5.74. The van der Waals surface area contributed by atoms with Crippen LogP contribution in [-0.2, 0) is 11.2 Å². The molecule has 5 heteroatoms. The summed E-state index contributed by atoms with van der Waals surface area (Å²) in [5.41, 5.74) is 1.12. The van der Waals surface area contributed by atoms with Crippen LogP contribution in [0.5, 0.6) is 0 Å². The predicted molar refractivity (Wildman–Crippen MR) is 79.7 cm³/mol. The fraction of sp³-hybridized carbons (Fsp3) is 0.562. The summed E-state index contributed by atoms with van der Waals surface area (Å²) >= 11 is 0. The van der Waals surface area contributed by atoms with Crippen LogP contribution < -0.4 is 5.32 Å². The molecule has 21 heavy (non-hydrogen) atoms.